The van der Waals surface area contributed by atoms with Crippen LogP contribution >= 0.6 is 0 Å². The first kappa shape index (κ1) is 21.4. The van der Waals surface area contributed by atoms with Gasteiger partial charge in [-0.25, -0.2) is 13.6 Å². The van der Waals surface area contributed by atoms with E-state index in [-0.39, 0.29) is 17.0 Å². The number of anilines is 1. The van der Waals surface area contributed by atoms with Crippen molar-refractivity contribution in [3.8, 4) is 5.75 Å². The molecule has 0 aromatic heterocycles. The van der Waals surface area contributed by atoms with Gasteiger partial charge in [-0.15, -0.1) is 0 Å². The number of rotatable bonds is 7. The Labute approximate surface area is 163 Å². The van der Waals surface area contributed by atoms with Crippen LogP contribution in [0.4, 0.5) is 5.69 Å². The van der Waals surface area contributed by atoms with Crippen LogP contribution in [0, 0.1) is 6.92 Å². The molecule has 0 radical (unpaired) electrons. The highest BCUT2D eigenvalue weighted by molar-refractivity contribution is 7.89. The maximum atomic E-state index is 12.2. The number of carbonyl (C=O) groups is 2. The lowest BCUT2D eigenvalue weighted by Crippen LogP contribution is -2.30. The molecule has 0 saturated heterocycles. The summed E-state index contributed by atoms with van der Waals surface area (Å²) in [6, 6.07) is 10.8. The lowest BCUT2D eigenvalue weighted by molar-refractivity contribution is -0.152. The number of nitrogens with one attached hydrogen (secondary N) is 1. The quantitative estimate of drug-likeness (QED) is 0.675. The van der Waals surface area contributed by atoms with Crippen LogP contribution < -0.4 is 15.2 Å². The molecule has 0 heterocycles. The smallest absolute Gasteiger partial charge is 0.311 e. The minimum Gasteiger partial charge on any atom is -0.496 e. The molecule has 150 valence electrons. The number of ether oxygens (including phenoxy) is 2. The molecular weight excluding hydrogens is 384 g/mol. The zero-order chi connectivity index (χ0) is 20.9. The number of carbonyl (C=O) groups excluding carboxylic acids is 2. The number of amides is 1. The molecule has 2 aromatic rings. The van der Waals surface area contributed by atoms with Gasteiger partial charge in [0.05, 0.1) is 18.4 Å². The number of nitrogens with two attached hydrogens (primary N) is 1. The van der Waals surface area contributed by atoms with Crippen molar-refractivity contribution in [2.24, 2.45) is 5.14 Å². The summed E-state index contributed by atoms with van der Waals surface area (Å²) in [5, 5.41) is 7.56. The topological polar surface area (TPSA) is 125 Å². The van der Waals surface area contributed by atoms with E-state index in [4.69, 9.17) is 14.6 Å². The van der Waals surface area contributed by atoms with Crippen LogP contribution in [-0.2, 0) is 30.8 Å². The van der Waals surface area contributed by atoms with E-state index in [2.05, 4.69) is 5.32 Å². The molecule has 1 amide bonds. The standard InChI is InChI=1S/C19H22N2O6S/c1-12-7-8-14(9-17(12)26-3)10-18(22)27-13(2)19(23)21-15-5-4-6-16(11-15)28(20,24)25/h4-9,11,13H,10H2,1-3H3,(H,21,23)(H2,20,24,25). The summed E-state index contributed by atoms with van der Waals surface area (Å²) < 4.78 is 33.1. The number of benzene rings is 2. The highest BCUT2D eigenvalue weighted by Gasteiger charge is 2.19. The zero-order valence-corrected chi connectivity index (χ0v) is 16.6. The van der Waals surface area contributed by atoms with E-state index >= 15 is 0 Å². The van der Waals surface area contributed by atoms with Gasteiger partial charge in [-0.1, -0.05) is 18.2 Å². The summed E-state index contributed by atoms with van der Waals surface area (Å²) in [6.07, 6.45) is -1.09. The molecule has 0 aliphatic heterocycles. The number of hydrogen-bond acceptors (Lipinski definition) is 6. The van der Waals surface area contributed by atoms with Gasteiger partial charge in [-0.05, 0) is 49.2 Å². The summed E-state index contributed by atoms with van der Waals surface area (Å²) >= 11 is 0. The third kappa shape index (κ3) is 5.80. The first-order valence-electron chi connectivity index (χ1n) is 8.37. The van der Waals surface area contributed by atoms with E-state index in [0.29, 0.717) is 11.3 Å². The van der Waals surface area contributed by atoms with Crippen LogP contribution in [0.3, 0.4) is 0 Å². The molecule has 0 bridgehead atoms. The molecule has 0 aliphatic carbocycles. The van der Waals surface area contributed by atoms with Crippen LogP contribution in [-0.4, -0.2) is 33.5 Å². The monoisotopic (exact) mass is 406 g/mol. The third-order valence-corrected chi connectivity index (χ3v) is 4.84. The van der Waals surface area contributed by atoms with Crippen molar-refractivity contribution >= 4 is 27.6 Å². The van der Waals surface area contributed by atoms with Crippen molar-refractivity contribution in [1.29, 1.82) is 0 Å². The first-order valence-corrected chi connectivity index (χ1v) is 9.91. The van der Waals surface area contributed by atoms with Gasteiger partial charge in [-0.3, -0.25) is 9.59 Å². The van der Waals surface area contributed by atoms with E-state index < -0.39 is 28.0 Å². The second-order valence-corrected chi connectivity index (χ2v) is 7.74. The van der Waals surface area contributed by atoms with Crippen molar-refractivity contribution in [2.45, 2.75) is 31.3 Å². The molecule has 3 N–H and O–H groups in total. The van der Waals surface area contributed by atoms with Gasteiger partial charge in [0.15, 0.2) is 6.10 Å². The van der Waals surface area contributed by atoms with E-state index in [1.807, 2.05) is 13.0 Å². The van der Waals surface area contributed by atoms with Crippen LogP contribution in [0.2, 0.25) is 0 Å². The molecule has 1 atom stereocenters. The Morgan fingerprint density at radius 1 is 1.18 bits per heavy atom. The lowest BCUT2D eigenvalue weighted by atomic mass is 10.1. The second kappa shape index (κ2) is 8.85. The van der Waals surface area contributed by atoms with Gasteiger partial charge < -0.3 is 14.8 Å². The first-order chi connectivity index (χ1) is 13.1. The summed E-state index contributed by atoms with van der Waals surface area (Å²) in [5.74, 6) is -0.515. The third-order valence-electron chi connectivity index (χ3n) is 3.93. The van der Waals surface area contributed by atoms with Crippen LogP contribution in [0.1, 0.15) is 18.1 Å². The normalized spacial score (nSPS) is 12.1. The van der Waals surface area contributed by atoms with Gasteiger partial charge in [0.25, 0.3) is 5.91 Å². The average Bonchev–Trinajstić information content (AvgIpc) is 2.62. The Morgan fingerprint density at radius 2 is 1.89 bits per heavy atom. The molecule has 0 fully saturated rings. The number of hydrogen-bond donors (Lipinski definition) is 2. The molecule has 2 aromatic carbocycles. The minimum atomic E-state index is -3.89. The van der Waals surface area contributed by atoms with Gasteiger partial charge in [0, 0.05) is 5.69 Å². The van der Waals surface area contributed by atoms with E-state index in [9.17, 15) is 18.0 Å². The Hall–Kier alpha value is -2.91. The van der Waals surface area contributed by atoms with Gasteiger partial charge in [-0.2, -0.15) is 0 Å². The van der Waals surface area contributed by atoms with Crippen molar-refractivity contribution < 1.29 is 27.5 Å². The van der Waals surface area contributed by atoms with Crippen LogP contribution in [0.15, 0.2) is 47.4 Å². The van der Waals surface area contributed by atoms with E-state index in [1.54, 1.807) is 19.2 Å². The van der Waals surface area contributed by atoms with Crippen molar-refractivity contribution in [1.82, 2.24) is 0 Å². The maximum Gasteiger partial charge on any atom is 0.311 e. The van der Waals surface area contributed by atoms with E-state index in [0.717, 1.165) is 5.56 Å². The maximum absolute atomic E-state index is 12.2. The van der Waals surface area contributed by atoms with Crippen molar-refractivity contribution in [2.75, 3.05) is 12.4 Å². The number of sulfonamides is 1. The predicted molar refractivity (Wildman–Crippen MR) is 103 cm³/mol. The molecule has 2 rings (SSSR count). The van der Waals surface area contributed by atoms with Crippen LogP contribution in [0.5, 0.6) is 5.75 Å². The summed E-state index contributed by atoms with van der Waals surface area (Å²) in [5.41, 5.74) is 1.86. The van der Waals surface area contributed by atoms with Gasteiger partial charge in [0.1, 0.15) is 5.75 Å². The molecule has 8 nitrogen and oxygen atoms in total. The molecule has 9 heteroatoms. The predicted octanol–water partition coefficient (Wildman–Crippen LogP) is 1.76. The molecular formula is C19H22N2O6S. The molecule has 0 spiro atoms. The fourth-order valence-corrected chi connectivity index (χ4v) is 2.99. The van der Waals surface area contributed by atoms with Crippen LogP contribution in [0.25, 0.3) is 0 Å². The molecule has 1 unspecified atom stereocenters. The average molecular weight is 406 g/mol. The number of esters is 1. The lowest BCUT2D eigenvalue weighted by Gasteiger charge is -2.14. The molecule has 28 heavy (non-hydrogen) atoms. The summed E-state index contributed by atoms with van der Waals surface area (Å²) in [4.78, 5) is 24.2. The highest BCUT2D eigenvalue weighted by atomic mass is 32.2. The molecule has 0 saturated carbocycles. The zero-order valence-electron chi connectivity index (χ0n) is 15.8. The SMILES string of the molecule is COc1cc(CC(=O)OC(C)C(=O)Nc2cccc(S(N)(=O)=O)c2)ccc1C. The van der Waals surface area contributed by atoms with Crippen molar-refractivity contribution in [3.63, 3.8) is 0 Å². The van der Waals surface area contributed by atoms with E-state index in [1.165, 1.54) is 31.2 Å². The number of primary sulfonamides is 1. The summed E-state index contributed by atoms with van der Waals surface area (Å²) in [6.45, 7) is 3.31. The number of methoxy groups -OCH3 is 1. The van der Waals surface area contributed by atoms with Crippen molar-refractivity contribution in [3.05, 3.63) is 53.6 Å². The fraction of sp³-hybridized carbons (Fsp3) is 0.263. The second-order valence-electron chi connectivity index (χ2n) is 6.17. The highest BCUT2D eigenvalue weighted by Crippen LogP contribution is 2.20. The largest absolute Gasteiger partial charge is 0.496 e. The molecule has 0 aliphatic rings. The van der Waals surface area contributed by atoms with Gasteiger partial charge >= 0.3 is 5.97 Å². The Morgan fingerprint density at radius 3 is 2.54 bits per heavy atom. The Kier molecular flexibility index (Phi) is 6.76. The Bertz CT molecular complexity index is 988. The minimum absolute atomic E-state index is 0.0187. The fourth-order valence-electron chi connectivity index (χ4n) is 2.43. The summed E-state index contributed by atoms with van der Waals surface area (Å²) in [7, 11) is -2.35. The van der Waals surface area contributed by atoms with Gasteiger partial charge in [0.2, 0.25) is 10.0 Å². The number of aryl methyl sites for hydroxylation is 1. The Balaban J connectivity index is 1.97.